The van der Waals surface area contributed by atoms with Gasteiger partial charge in [0.1, 0.15) is 11.6 Å². The van der Waals surface area contributed by atoms with Gasteiger partial charge in [0.15, 0.2) is 0 Å². The van der Waals surface area contributed by atoms with Crippen molar-refractivity contribution in [3.63, 3.8) is 0 Å². The van der Waals surface area contributed by atoms with Crippen LogP contribution in [0.5, 0.6) is 0 Å². The van der Waals surface area contributed by atoms with Crippen molar-refractivity contribution in [2.75, 3.05) is 7.05 Å². The number of H-pyrrole nitrogens is 1. The van der Waals surface area contributed by atoms with E-state index in [1.165, 1.54) is 37.7 Å². The largest absolute Gasteiger partial charge is 0.340 e. The van der Waals surface area contributed by atoms with E-state index in [9.17, 15) is 4.79 Å². The molecule has 4 aliphatic carbocycles. The zero-order chi connectivity index (χ0) is 21.7. The summed E-state index contributed by atoms with van der Waals surface area (Å²) in [7, 11) is 1.96. The van der Waals surface area contributed by atoms with E-state index in [0.29, 0.717) is 18.1 Å². The van der Waals surface area contributed by atoms with Crippen LogP contribution >= 0.6 is 0 Å². The third-order valence-electron chi connectivity index (χ3n) is 8.55. The van der Waals surface area contributed by atoms with Crippen LogP contribution in [-0.2, 0) is 11.2 Å². The van der Waals surface area contributed by atoms with Crippen molar-refractivity contribution < 1.29 is 4.79 Å². The quantitative estimate of drug-likeness (QED) is 0.527. The van der Waals surface area contributed by atoms with Gasteiger partial charge in [0.2, 0.25) is 0 Å². The van der Waals surface area contributed by atoms with Gasteiger partial charge in [-0.3, -0.25) is 4.79 Å². The fraction of sp³-hybridized carbons (Fsp3) is 0.500. The van der Waals surface area contributed by atoms with Crippen LogP contribution in [0.25, 0.3) is 11.0 Å². The highest BCUT2D eigenvalue weighted by atomic mass is 16.1. The van der Waals surface area contributed by atoms with Gasteiger partial charge in [-0.25, -0.2) is 4.98 Å². The van der Waals surface area contributed by atoms with Gasteiger partial charge >= 0.3 is 0 Å². The Morgan fingerprint density at radius 3 is 2.44 bits per heavy atom. The first kappa shape index (κ1) is 20.2. The van der Waals surface area contributed by atoms with Crippen molar-refractivity contribution in [3.8, 4) is 0 Å². The second-order valence-electron chi connectivity index (χ2n) is 10.6. The second kappa shape index (κ2) is 8.15. The van der Waals surface area contributed by atoms with Gasteiger partial charge in [0.05, 0.1) is 17.1 Å². The molecule has 1 aromatic heterocycles. The number of nitrogens with zero attached hydrogens (tertiary/aromatic N) is 1. The maximum atomic E-state index is 13.0. The molecular formula is C28H33N3O. The van der Waals surface area contributed by atoms with Crippen LogP contribution in [0.3, 0.4) is 0 Å². The summed E-state index contributed by atoms with van der Waals surface area (Å²) in [6.07, 6.45) is 8.37. The Bertz CT molecular complexity index is 1090. The van der Waals surface area contributed by atoms with Gasteiger partial charge < -0.3 is 10.3 Å². The lowest BCUT2D eigenvalue weighted by Gasteiger charge is -2.54. The Labute approximate surface area is 190 Å². The van der Waals surface area contributed by atoms with Gasteiger partial charge in [-0.1, -0.05) is 36.4 Å². The number of aromatic nitrogens is 2. The summed E-state index contributed by atoms with van der Waals surface area (Å²) in [6.45, 7) is 0. The van der Waals surface area contributed by atoms with Crippen molar-refractivity contribution in [2.24, 2.45) is 29.6 Å². The molecule has 2 N–H and O–H groups in total. The van der Waals surface area contributed by atoms with E-state index in [1.807, 2.05) is 13.1 Å². The van der Waals surface area contributed by atoms with E-state index in [1.54, 1.807) is 0 Å². The molecule has 0 aliphatic heterocycles. The number of benzene rings is 2. The Morgan fingerprint density at radius 2 is 1.75 bits per heavy atom. The molecule has 0 unspecified atom stereocenters. The highest BCUT2D eigenvalue weighted by molar-refractivity contribution is 5.83. The number of rotatable bonds is 7. The maximum Gasteiger partial charge on any atom is 0.137 e. The minimum absolute atomic E-state index is 0.0191. The number of imidazole rings is 1. The van der Waals surface area contributed by atoms with Crippen molar-refractivity contribution in [1.29, 1.82) is 0 Å². The second-order valence-corrected chi connectivity index (χ2v) is 10.6. The number of hydrogen-bond acceptors (Lipinski definition) is 3. The smallest absolute Gasteiger partial charge is 0.137 e. The van der Waals surface area contributed by atoms with E-state index in [0.717, 1.165) is 52.5 Å². The molecule has 166 valence electrons. The Balaban J connectivity index is 1.16. The molecule has 4 nitrogen and oxygen atoms in total. The van der Waals surface area contributed by atoms with Crippen LogP contribution in [0.2, 0.25) is 0 Å². The van der Waals surface area contributed by atoms with Crippen molar-refractivity contribution in [2.45, 2.75) is 51.0 Å². The molecule has 32 heavy (non-hydrogen) atoms. The molecule has 0 radical (unpaired) electrons. The molecular weight excluding hydrogens is 394 g/mol. The summed E-state index contributed by atoms with van der Waals surface area (Å²) in [6, 6.07) is 16.6. The predicted molar refractivity (Wildman–Crippen MR) is 127 cm³/mol. The Hall–Kier alpha value is -2.46. The van der Waals surface area contributed by atoms with Crippen molar-refractivity contribution in [3.05, 3.63) is 65.5 Å². The van der Waals surface area contributed by atoms with Crippen LogP contribution in [0.4, 0.5) is 0 Å². The molecule has 1 atom stereocenters. The lowest BCUT2D eigenvalue weighted by atomic mass is 9.51. The SMILES string of the molecule is CN[C@H](c1ccccc1)c1nc2ccc(CC(=O)CC3C4CC5CC(C4)CC3C5)cc2[nH]1. The molecule has 4 aliphatic rings. The number of aromatic amines is 1. The molecule has 4 saturated carbocycles. The molecule has 4 bridgehead atoms. The lowest BCUT2D eigenvalue weighted by Crippen LogP contribution is -2.45. The minimum atomic E-state index is 0.0191. The summed E-state index contributed by atoms with van der Waals surface area (Å²) < 4.78 is 0. The summed E-state index contributed by atoms with van der Waals surface area (Å²) in [4.78, 5) is 21.4. The van der Waals surface area contributed by atoms with Gasteiger partial charge in [0.25, 0.3) is 0 Å². The number of carbonyl (C=O) groups is 1. The predicted octanol–water partition coefficient (Wildman–Crippen LogP) is 5.45. The molecule has 3 aromatic rings. The summed E-state index contributed by atoms with van der Waals surface area (Å²) in [5.74, 6) is 5.56. The van der Waals surface area contributed by atoms with Crippen LogP contribution in [-0.4, -0.2) is 22.8 Å². The van der Waals surface area contributed by atoms with Crippen LogP contribution in [0, 0.1) is 29.6 Å². The van der Waals surface area contributed by atoms with Gasteiger partial charge in [-0.05, 0) is 92.0 Å². The Kier molecular flexibility index (Phi) is 5.14. The fourth-order valence-corrected chi connectivity index (χ4v) is 7.36. The number of nitrogens with one attached hydrogen (secondary N) is 2. The molecule has 1 heterocycles. The van der Waals surface area contributed by atoms with Crippen molar-refractivity contribution in [1.82, 2.24) is 15.3 Å². The van der Waals surface area contributed by atoms with Gasteiger partial charge in [-0.2, -0.15) is 0 Å². The van der Waals surface area contributed by atoms with Gasteiger partial charge in [0, 0.05) is 12.8 Å². The van der Waals surface area contributed by atoms with E-state index < -0.39 is 0 Å². The zero-order valence-electron chi connectivity index (χ0n) is 18.9. The molecule has 7 rings (SSSR count). The molecule has 4 heteroatoms. The van der Waals surface area contributed by atoms with Crippen LogP contribution < -0.4 is 5.32 Å². The maximum absolute atomic E-state index is 13.0. The third kappa shape index (κ3) is 3.69. The first-order chi connectivity index (χ1) is 15.7. The number of ketones is 1. The van der Waals surface area contributed by atoms with Gasteiger partial charge in [-0.15, -0.1) is 0 Å². The van der Waals surface area contributed by atoms with Crippen LogP contribution in [0.1, 0.15) is 61.5 Å². The van der Waals surface area contributed by atoms with E-state index in [4.69, 9.17) is 4.98 Å². The molecule has 0 amide bonds. The average molecular weight is 428 g/mol. The van der Waals surface area contributed by atoms with Crippen LogP contribution in [0.15, 0.2) is 48.5 Å². The zero-order valence-corrected chi connectivity index (χ0v) is 18.9. The minimum Gasteiger partial charge on any atom is -0.340 e. The topological polar surface area (TPSA) is 57.8 Å². The number of carbonyl (C=O) groups excluding carboxylic acids is 1. The highest BCUT2D eigenvalue weighted by Crippen LogP contribution is 2.57. The molecule has 0 saturated heterocycles. The number of hydrogen-bond donors (Lipinski definition) is 2. The average Bonchev–Trinajstić information content (AvgIpc) is 3.20. The highest BCUT2D eigenvalue weighted by Gasteiger charge is 2.48. The first-order valence-electron chi connectivity index (χ1n) is 12.4. The fourth-order valence-electron chi connectivity index (χ4n) is 7.36. The molecule has 2 aromatic carbocycles. The lowest BCUT2D eigenvalue weighted by molar-refractivity contribution is -0.123. The normalized spacial score (nSPS) is 29.5. The van der Waals surface area contributed by atoms with E-state index in [-0.39, 0.29) is 6.04 Å². The first-order valence-corrected chi connectivity index (χ1v) is 12.4. The van der Waals surface area contributed by atoms with E-state index >= 15 is 0 Å². The number of fused-ring (bicyclic) bond motifs is 1. The Morgan fingerprint density at radius 1 is 1.03 bits per heavy atom. The molecule has 0 spiro atoms. The standard InChI is InChI=1S/C28H33N3O/c1-29-27(20-5-3-2-4-6-20)28-30-25-8-7-17(15-26(25)31-28)14-23(32)16-24-21-10-18-9-19(12-21)13-22(24)11-18/h2-8,15,18-19,21-22,24,27,29H,9-14,16H2,1H3,(H,30,31)/t18?,19?,21?,22?,24?,27-/m1/s1. The molecule has 4 fully saturated rings. The summed E-state index contributed by atoms with van der Waals surface area (Å²) in [5.41, 5.74) is 4.24. The monoisotopic (exact) mass is 427 g/mol. The van der Waals surface area contributed by atoms with E-state index in [2.05, 4.69) is 52.8 Å². The number of Topliss-reactive ketones (excluding diaryl/α,β-unsaturated/α-hetero) is 1. The summed E-state index contributed by atoms with van der Waals surface area (Å²) >= 11 is 0. The third-order valence-corrected chi connectivity index (χ3v) is 8.55. The van der Waals surface area contributed by atoms with Crippen molar-refractivity contribution >= 4 is 16.8 Å². The summed E-state index contributed by atoms with van der Waals surface area (Å²) in [5, 5.41) is 3.37.